The first-order valence-corrected chi connectivity index (χ1v) is 6.86. The Labute approximate surface area is 124 Å². The highest BCUT2D eigenvalue weighted by Crippen LogP contribution is 2.07. The Morgan fingerprint density at radius 1 is 1.29 bits per heavy atom. The highest BCUT2D eigenvalue weighted by molar-refractivity contribution is 5.79. The van der Waals surface area contributed by atoms with Gasteiger partial charge in [-0.2, -0.15) is 5.10 Å². The van der Waals surface area contributed by atoms with E-state index >= 15 is 0 Å². The van der Waals surface area contributed by atoms with E-state index in [1.54, 1.807) is 14.2 Å². The standard InChI is InChI=1S/C15H21N5O/c1-16-15(17-8-9-21-2)18-10-13-11-19-20(12-13)14-6-4-3-5-7-14/h3-7,11-12H,8-10H2,1-2H3,(H2,16,17,18). The summed E-state index contributed by atoms with van der Waals surface area (Å²) >= 11 is 0. The van der Waals surface area contributed by atoms with Crippen molar-refractivity contribution in [3.63, 3.8) is 0 Å². The first-order chi connectivity index (χ1) is 10.3. The van der Waals surface area contributed by atoms with E-state index in [1.165, 1.54) is 0 Å². The second kappa shape index (κ2) is 8.06. The van der Waals surface area contributed by atoms with Crippen LogP contribution in [0.2, 0.25) is 0 Å². The van der Waals surface area contributed by atoms with Gasteiger partial charge in [-0.3, -0.25) is 4.99 Å². The molecular weight excluding hydrogens is 266 g/mol. The average molecular weight is 287 g/mol. The summed E-state index contributed by atoms with van der Waals surface area (Å²) < 4.78 is 6.85. The summed E-state index contributed by atoms with van der Waals surface area (Å²) in [4.78, 5) is 4.15. The molecule has 2 aromatic rings. The molecule has 2 N–H and O–H groups in total. The number of hydrogen-bond acceptors (Lipinski definition) is 3. The van der Waals surface area contributed by atoms with Crippen LogP contribution >= 0.6 is 0 Å². The fraction of sp³-hybridized carbons (Fsp3) is 0.333. The number of hydrogen-bond donors (Lipinski definition) is 2. The molecule has 1 heterocycles. The minimum absolute atomic E-state index is 0.645. The molecule has 1 aromatic heterocycles. The highest BCUT2D eigenvalue weighted by atomic mass is 16.5. The van der Waals surface area contributed by atoms with Crippen molar-refractivity contribution < 1.29 is 4.74 Å². The van der Waals surface area contributed by atoms with E-state index in [9.17, 15) is 0 Å². The normalized spacial score (nSPS) is 11.4. The van der Waals surface area contributed by atoms with Crippen LogP contribution in [0, 0.1) is 0 Å². The molecule has 21 heavy (non-hydrogen) atoms. The summed E-state index contributed by atoms with van der Waals surface area (Å²) in [5.74, 6) is 0.750. The van der Waals surface area contributed by atoms with Gasteiger partial charge in [-0.1, -0.05) is 18.2 Å². The molecule has 0 saturated carbocycles. The van der Waals surface area contributed by atoms with Gasteiger partial charge in [0, 0.05) is 39.0 Å². The molecule has 0 aliphatic heterocycles. The molecule has 1 aromatic carbocycles. The number of aromatic nitrogens is 2. The molecule has 2 rings (SSSR count). The third-order valence-corrected chi connectivity index (χ3v) is 2.94. The number of rotatable bonds is 6. The Morgan fingerprint density at radius 2 is 2.10 bits per heavy atom. The van der Waals surface area contributed by atoms with E-state index in [0.717, 1.165) is 23.8 Å². The molecule has 112 valence electrons. The maximum absolute atomic E-state index is 4.99. The van der Waals surface area contributed by atoms with E-state index in [2.05, 4.69) is 20.7 Å². The second-order valence-corrected chi connectivity index (χ2v) is 4.47. The number of methoxy groups -OCH3 is 1. The quantitative estimate of drug-likeness (QED) is 0.476. The van der Waals surface area contributed by atoms with Crippen molar-refractivity contribution in [3.05, 3.63) is 48.3 Å². The van der Waals surface area contributed by atoms with E-state index in [4.69, 9.17) is 4.74 Å². The summed E-state index contributed by atoms with van der Waals surface area (Å²) in [6.45, 7) is 2.03. The predicted molar refractivity (Wildman–Crippen MR) is 83.6 cm³/mol. The lowest BCUT2D eigenvalue weighted by atomic mass is 10.3. The van der Waals surface area contributed by atoms with Crippen LogP contribution in [0.3, 0.4) is 0 Å². The van der Waals surface area contributed by atoms with Gasteiger partial charge in [0.15, 0.2) is 5.96 Å². The topological polar surface area (TPSA) is 63.5 Å². The van der Waals surface area contributed by atoms with Gasteiger partial charge in [-0.05, 0) is 12.1 Å². The SMILES string of the molecule is CN=C(NCCOC)NCc1cnn(-c2ccccc2)c1. The number of nitrogens with one attached hydrogen (secondary N) is 2. The first-order valence-electron chi connectivity index (χ1n) is 6.86. The molecule has 0 unspecified atom stereocenters. The van der Waals surface area contributed by atoms with E-state index in [1.807, 2.05) is 47.4 Å². The number of para-hydroxylation sites is 1. The average Bonchev–Trinajstić information content (AvgIpc) is 3.00. The lowest BCUT2D eigenvalue weighted by Gasteiger charge is -2.10. The van der Waals surface area contributed by atoms with Crippen molar-refractivity contribution >= 4 is 5.96 Å². The summed E-state index contributed by atoms with van der Waals surface area (Å²) in [6, 6.07) is 10.0. The summed E-state index contributed by atoms with van der Waals surface area (Å²) in [7, 11) is 3.42. The Morgan fingerprint density at radius 3 is 2.81 bits per heavy atom. The van der Waals surface area contributed by atoms with E-state index in [-0.39, 0.29) is 0 Å². The Hall–Kier alpha value is -2.34. The van der Waals surface area contributed by atoms with Crippen LogP contribution in [0.25, 0.3) is 5.69 Å². The van der Waals surface area contributed by atoms with E-state index < -0.39 is 0 Å². The zero-order chi connectivity index (χ0) is 14.9. The zero-order valence-electron chi connectivity index (χ0n) is 12.4. The van der Waals surface area contributed by atoms with Crippen molar-refractivity contribution in [2.45, 2.75) is 6.54 Å². The van der Waals surface area contributed by atoms with Crippen molar-refractivity contribution in [2.24, 2.45) is 4.99 Å². The highest BCUT2D eigenvalue weighted by Gasteiger charge is 2.02. The Balaban J connectivity index is 1.88. The minimum Gasteiger partial charge on any atom is -0.383 e. The van der Waals surface area contributed by atoms with Crippen LogP contribution in [0.4, 0.5) is 0 Å². The summed E-state index contributed by atoms with van der Waals surface area (Å²) in [5.41, 5.74) is 2.14. The lowest BCUT2D eigenvalue weighted by molar-refractivity contribution is 0.203. The molecule has 0 aliphatic rings. The fourth-order valence-corrected chi connectivity index (χ4v) is 1.85. The predicted octanol–water partition coefficient (Wildman–Crippen LogP) is 1.18. The molecule has 0 saturated heterocycles. The van der Waals surface area contributed by atoms with Crippen molar-refractivity contribution in [2.75, 3.05) is 27.3 Å². The monoisotopic (exact) mass is 287 g/mol. The number of nitrogens with zero attached hydrogens (tertiary/aromatic N) is 3. The third kappa shape index (κ3) is 4.61. The van der Waals surface area contributed by atoms with Gasteiger partial charge in [-0.25, -0.2) is 4.68 Å². The number of ether oxygens (including phenoxy) is 1. The largest absolute Gasteiger partial charge is 0.383 e. The smallest absolute Gasteiger partial charge is 0.191 e. The maximum Gasteiger partial charge on any atom is 0.191 e. The van der Waals surface area contributed by atoms with Gasteiger partial charge in [0.1, 0.15) is 0 Å². The summed E-state index contributed by atoms with van der Waals surface area (Å²) in [5, 5.41) is 10.8. The van der Waals surface area contributed by atoms with Gasteiger partial charge in [0.25, 0.3) is 0 Å². The number of aliphatic imine (C=N–C) groups is 1. The molecule has 0 aliphatic carbocycles. The molecule has 6 nitrogen and oxygen atoms in total. The fourth-order valence-electron chi connectivity index (χ4n) is 1.85. The van der Waals surface area contributed by atoms with Gasteiger partial charge in [-0.15, -0.1) is 0 Å². The van der Waals surface area contributed by atoms with Crippen LogP contribution in [-0.2, 0) is 11.3 Å². The molecule has 0 radical (unpaired) electrons. The molecule has 0 fully saturated rings. The van der Waals surface area contributed by atoms with Crippen molar-refractivity contribution in [3.8, 4) is 5.69 Å². The van der Waals surface area contributed by atoms with Crippen LogP contribution in [0.15, 0.2) is 47.7 Å². The van der Waals surface area contributed by atoms with Crippen molar-refractivity contribution in [1.82, 2.24) is 20.4 Å². The number of benzene rings is 1. The van der Waals surface area contributed by atoms with Crippen LogP contribution in [0.1, 0.15) is 5.56 Å². The Kier molecular flexibility index (Phi) is 5.78. The van der Waals surface area contributed by atoms with Crippen molar-refractivity contribution in [1.29, 1.82) is 0 Å². The molecule has 0 bridgehead atoms. The molecule has 0 amide bonds. The van der Waals surface area contributed by atoms with Gasteiger partial charge >= 0.3 is 0 Å². The zero-order valence-corrected chi connectivity index (χ0v) is 12.4. The van der Waals surface area contributed by atoms with Gasteiger partial charge in [0.05, 0.1) is 18.5 Å². The Bertz CT molecular complexity index is 564. The third-order valence-electron chi connectivity index (χ3n) is 2.94. The number of guanidine groups is 1. The molecular formula is C15H21N5O. The summed E-state index contributed by atoms with van der Waals surface area (Å²) in [6.07, 6.45) is 3.85. The van der Waals surface area contributed by atoms with Crippen LogP contribution in [0.5, 0.6) is 0 Å². The first kappa shape index (κ1) is 15.1. The minimum atomic E-state index is 0.645. The van der Waals surface area contributed by atoms with Crippen LogP contribution in [-0.4, -0.2) is 43.0 Å². The van der Waals surface area contributed by atoms with Crippen LogP contribution < -0.4 is 10.6 Å². The maximum atomic E-state index is 4.99. The molecule has 0 spiro atoms. The lowest BCUT2D eigenvalue weighted by Crippen LogP contribution is -2.38. The molecule has 0 atom stereocenters. The van der Waals surface area contributed by atoms with E-state index in [0.29, 0.717) is 13.2 Å². The van der Waals surface area contributed by atoms with Gasteiger partial charge < -0.3 is 15.4 Å². The van der Waals surface area contributed by atoms with Gasteiger partial charge in [0.2, 0.25) is 0 Å². The second-order valence-electron chi connectivity index (χ2n) is 4.47. The molecule has 6 heteroatoms.